The van der Waals surface area contributed by atoms with Gasteiger partial charge < -0.3 is 20.4 Å². The van der Waals surface area contributed by atoms with Crippen molar-refractivity contribution in [3.05, 3.63) is 30.4 Å². The molecule has 1 saturated heterocycles. The molecule has 1 aliphatic heterocycles. The summed E-state index contributed by atoms with van der Waals surface area (Å²) in [6.07, 6.45) is 24.7. The third-order valence-electron chi connectivity index (χ3n) is 7.51. The minimum atomic E-state index is -0.688. The van der Waals surface area contributed by atoms with E-state index in [1.807, 2.05) is 0 Å². The van der Waals surface area contributed by atoms with Crippen molar-refractivity contribution in [2.75, 3.05) is 13.1 Å². The van der Waals surface area contributed by atoms with Crippen LogP contribution < -0.4 is 10.6 Å². The summed E-state index contributed by atoms with van der Waals surface area (Å²) in [5.41, 5.74) is 0.246. The van der Waals surface area contributed by atoms with Crippen molar-refractivity contribution in [3.8, 4) is 0 Å². The molecule has 0 bridgehead atoms. The van der Waals surface area contributed by atoms with Crippen molar-refractivity contribution < 1.29 is 19.1 Å². The van der Waals surface area contributed by atoms with E-state index in [0.717, 1.165) is 31.4 Å². The molecule has 0 spiro atoms. The summed E-state index contributed by atoms with van der Waals surface area (Å²) >= 11 is 0. The van der Waals surface area contributed by atoms with Crippen molar-refractivity contribution in [1.82, 2.24) is 25.5 Å². The van der Waals surface area contributed by atoms with Crippen molar-refractivity contribution >= 4 is 17.9 Å². The van der Waals surface area contributed by atoms with Crippen LogP contribution in [0.1, 0.15) is 130 Å². The number of amides is 3. The zero-order valence-electron chi connectivity index (χ0n) is 26.7. The number of aromatic amines is 1. The van der Waals surface area contributed by atoms with Crippen molar-refractivity contribution in [2.24, 2.45) is 0 Å². The van der Waals surface area contributed by atoms with Gasteiger partial charge in [0.25, 0.3) is 0 Å². The molecular weight excluding hydrogens is 530 g/mol. The summed E-state index contributed by atoms with van der Waals surface area (Å²) in [4.78, 5) is 47.0. The number of allylic oxidation sites excluding steroid dienone is 2. The molecule has 1 fully saturated rings. The van der Waals surface area contributed by atoms with E-state index in [4.69, 9.17) is 4.74 Å². The number of imidazole rings is 1. The maximum absolute atomic E-state index is 13.0. The van der Waals surface area contributed by atoms with Crippen LogP contribution in [0.4, 0.5) is 4.79 Å². The normalized spacial score (nSPS) is 17.1. The first-order valence-corrected chi connectivity index (χ1v) is 16.4. The van der Waals surface area contributed by atoms with Gasteiger partial charge in [-0.25, -0.2) is 9.78 Å². The Labute approximate surface area is 254 Å². The molecule has 0 unspecified atom stereocenters. The van der Waals surface area contributed by atoms with Crippen LogP contribution in [0.3, 0.4) is 0 Å². The lowest BCUT2D eigenvalue weighted by Crippen LogP contribution is -2.48. The fourth-order valence-electron chi connectivity index (χ4n) is 5.23. The van der Waals surface area contributed by atoms with Gasteiger partial charge in [0.15, 0.2) is 0 Å². The summed E-state index contributed by atoms with van der Waals surface area (Å²) in [5, 5.41) is 5.96. The maximum atomic E-state index is 13.0. The average molecular weight is 588 g/mol. The predicted octanol–water partition coefficient (Wildman–Crippen LogP) is 6.60. The molecule has 1 aliphatic rings. The fraction of sp³-hybridized carbons (Fsp3) is 0.758. The summed E-state index contributed by atoms with van der Waals surface area (Å²) in [6.45, 7) is 8.33. The minimum Gasteiger partial charge on any atom is -0.444 e. The minimum absolute atomic E-state index is 0.0259. The van der Waals surface area contributed by atoms with Gasteiger partial charge in [-0.3, -0.25) is 14.5 Å². The number of carbonyl (C=O) groups is 3. The number of likely N-dealkylation sites (tertiary alicyclic amines) is 1. The molecule has 1 aromatic rings. The Morgan fingerprint density at radius 2 is 1.64 bits per heavy atom. The Hall–Kier alpha value is -2.84. The molecule has 1 aromatic heterocycles. The number of rotatable bonds is 20. The predicted molar refractivity (Wildman–Crippen MR) is 168 cm³/mol. The van der Waals surface area contributed by atoms with E-state index in [1.54, 1.807) is 33.3 Å². The molecule has 2 rings (SSSR count). The standard InChI is InChI=1S/C33H57N5O4/c1-5-6-7-8-9-10-11-12-13-14-15-16-17-18-19-20-30(39)37-28-23-29(38(25-28)32(41)42-33(2,3)4)31(40)35-22-21-27-24-34-26-36-27/h12-13,24,26,28-29H,5-11,14-23,25H2,1-4H3,(H,34,36)(H,35,40)(H,37,39)/b13-12-/t28-,29-/m0/s1. The lowest BCUT2D eigenvalue weighted by atomic mass is 10.1. The largest absolute Gasteiger partial charge is 0.444 e. The molecule has 0 saturated carbocycles. The van der Waals surface area contributed by atoms with Crippen LogP contribution in [-0.4, -0.2) is 63.5 Å². The van der Waals surface area contributed by atoms with E-state index in [1.165, 1.54) is 62.7 Å². The highest BCUT2D eigenvalue weighted by molar-refractivity contribution is 5.87. The summed E-state index contributed by atoms with van der Waals surface area (Å²) in [7, 11) is 0. The second kappa shape index (κ2) is 20.1. The molecule has 2 atom stereocenters. The van der Waals surface area contributed by atoms with Crippen LogP contribution in [0.15, 0.2) is 24.7 Å². The topological polar surface area (TPSA) is 116 Å². The number of hydrogen-bond acceptors (Lipinski definition) is 5. The third-order valence-corrected chi connectivity index (χ3v) is 7.51. The van der Waals surface area contributed by atoms with Crippen LogP contribution >= 0.6 is 0 Å². The number of unbranched alkanes of at least 4 members (excludes halogenated alkanes) is 11. The van der Waals surface area contributed by atoms with Crippen LogP contribution in [0.25, 0.3) is 0 Å². The quantitative estimate of drug-likeness (QED) is 0.117. The molecule has 3 N–H and O–H groups in total. The van der Waals surface area contributed by atoms with Gasteiger partial charge in [0.05, 0.1) is 6.33 Å². The van der Waals surface area contributed by atoms with Gasteiger partial charge >= 0.3 is 6.09 Å². The van der Waals surface area contributed by atoms with Crippen molar-refractivity contribution in [1.29, 1.82) is 0 Å². The highest BCUT2D eigenvalue weighted by Crippen LogP contribution is 2.22. The Morgan fingerprint density at radius 1 is 1.00 bits per heavy atom. The number of nitrogens with one attached hydrogen (secondary N) is 3. The highest BCUT2D eigenvalue weighted by Gasteiger charge is 2.41. The van der Waals surface area contributed by atoms with E-state index in [9.17, 15) is 14.4 Å². The van der Waals surface area contributed by atoms with Crippen LogP contribution in [0.5, 0.6) is 0 Å². The van der Waals surface area contributed by atoms with Gasteiger partial charge in [0.2, 0.25) is 11.8 Å². The zero-order chi connectivity index (χ0) is 30.6. The number of nitrogens with zero attached hydrogens (tertiary/aromatic N) is 2. The van der Waals surface area contributed by atoms with E-state index < -0.39 is 17.7 Å². The lowest BCUT2D eigenvalue weighted by molar-refractivity contribution is -0.125. The molecule has 42 heavy (non-hydrogen) atoms. The molecule has 2 heterocycles. The highest BCUT2D eigenvalue weighted by atomic mass is 16.6. The summed E-state index contributed by atoms with van der Waals surface area (Å²) in [6, 6.07) is -0.969. The summed E-state index contributed by atoms with van der Waals surface area (Å²) in [5.74, 6) is -0.267. The van der Waals surface area contributed by atoms with Gasteiger partial charge in [-0.2, -0.15) is 0 Å². The molecule has 0 aromatic carbocycles. The Kier molecular flexibility index (Phi) is 16.9. The monoisotopic (exact) mass is 587 g/mol. The SMILES string of the molecule is CCCCCCCC/C=C\CCCCCCCC(=O)N[C@H]1C[C@@H](C(=O)NCCc2cnc[nH]2)N(C(=O)OC(C)(C)C)C1. The van der Waals surface area contributed by atoms with Gasteiger partial charge in [0, 0.05) is 43.9 Å². The molecule has 0 aliphatic carbocycles. The smallest absolute Gasteiger partial charge is 0.411 e. The molecule has 0 radical (unpaired) electrons. The molecular formula is C33H57N5O4. The molecule has 9 nitrogen and oxygen atoms in total. The van der Waals surface area contributed by atoms with Gasteiger partial charge in [-0.15, -0.1) is 0 Å². The van der Waals surface area contributed by atoms with E-state index in [2.05, 4.69) is 39.7 Å². The number of carbonyl (C=O) groups excluding carboxylic acids is 3. The number of H-pyrrole nitrogens is 1. The average Bonchev–Trinajstić information content (AvgIpc) is 3.60. The molecule has 9 heteroatoms. The first kappa shape index (κ1) is 35.4. The Bertz CT molecular complexity index is 925. The second-order valence-corrected chi connectivity index (χ2v) is 12.6. The van der Waals surface area contributed by atoms with Crippen LogP contribution in [0.2, 0.25) is 0 Å². The van der Waals surface area contributed by atoms with E-state index in [-0.39, 0.29) is 24.4 Å². The lowest BCUT2D eigenvalue weighted by Gasteiger charge is -2.28. The Balaban J connectivity index is 1.63. The van der Waals surface area contributed by atoms with Gasteiger partial charge in [-0.1, -0.05) is 70.4 Å². The fourth-order valence-corrected chi connectivity index (χ4v) is 5.23. The maximum Gasteiger partial charge on any atom is 0.411 e. The van der Waals surface area contributed by atoms with Crippen molar-refractivity contribution in [3.63, 3.8) is 0 Å². The first-order valence-electron chi connectivity index (χ1n) is 16.4. The van der Waals surface area contributed by atoms with E-state index >= 15 is 0 Å². The number of ether oxygens (including phenoxy) is 1. The molecule has 238 valence electrons. The first-order chi connectivity index (χ1) is 20.2. The van der Waals surface area contributed by atoms with Crippen LogP contribution in [-0.2, 0) is 20.7 Å². The third kappa shape index (κ3) is 15.4. The van der Waals surface area contributed by atoms with Gasteiger partial charge in [-0.05, 0) is 59.3 Å². The Morgan fingerprint density at radius 3 is 2.26 bits per heavy atom. The summed E-state index contributed by atoms with van der Waals surface area (Å²) < 4.78 is 5.56. The van der Waals surface area contributed by atoms with Crippen molar-refractivity contribution in [2.45, 2.75) is 148 Å². The second-order valence-electron chi connectivity index (χ2n) is 12.6. The number of aromatic nitrogens is 2. The molecule has 3 amide bonds. The van der Waals surface area contributed by atoms with Gasteiger partial charge in [0.1, 0.15) is 11.6 Å². The van der Waals surface area contributed by atoms with Crippen LogP contribution in [0, 0.1) is 0 Å². The zero-order valence-corrected chi connectivity index (χ0v) is 26.7. The number of hydrogen-bond donors (Lipinski definition) is 3. The van der Waals surface area contributed by atoms with E-state index in [0.29, 0.717) is 25.8 Å².